The Hall–Kier alpha value is 0.430. The Morgan fingerprint density at radius 2 is 2.00 bits per heavy atom. The number of unbranched alkanes of at least 4 members (excludes halogenated alkanes) is 1. The average Bonchev–Trinajstić information content (AvgIpc) is 2.20. The molecule has 1 rings (SSSR count). The lowest BCUT2D eigenvalue weighted by molar-refractivity contribution is 0.0905. The van der Waals surface area contributed by atoms with Gasteiger partial charge in [0, 0.05) is 13.2 Å². The predicted molar refractivity (Wildman–Crippen MR) is 74.7 cm³/mol. The van der Waals surface area contributed by atoms with E-state index < -0.39 is 0 Å². The van der Waals surface area contributed by atoms with E-state index in [1.807, 2.05) is 0 Å². The number of rotatable bonds is 6. The average molecular weight is 322 g/mol. The van der Waals surface area contributed by atoms with Crippen molar-refractivity contribution in [1.82, 2.24) is 0 Å². The van der Waals surface area contributed by atoms with Crippen LogP contribution in [0.4, 0.5) is 0 Å². The Bertz CT molecular complexity index is 168. The van der Waals surface area contributed by atoms with E-state index in [4.69, 9.17) is 4.74 Å². The molecule has 1 atom stereocenters. The van der Waals surface area contributed by atoms with E-state index >= 15 is 0 Å². The van der Waals surface area contributed by atoms with E-state index in [9.17, 15) is 0 Å². The van der Waals surface area contributed by atoms with Gasteiger partial charge in [-0.25, -0.2) is 0 Å². The quantitative estimate of drug-likeness (QED) is 0.306. The number of allylic oxidation sites excluding steroid dienone is 2. The summed E-state index contributed by atoms with van der Waals surface area (Å²) in [6.07, 6.45) is 13.7. The Morgan fingerprint density at radius 1 is 1.13 bits per heavy atom. The highest BCUT2D eigenvalue weighted by molar-refractivity contribution is 14.1. The van der Waals surface area contributed by atoms with Gasteiger partial charge in [0.1, 0.15) is 0 Å². The molecule has 0 saturated carbocycles. The summed E-state index contributed by atoms with van der Waals surface area (Å²) in [4.78, 5) is 0. The van der Waals surface area contributed by atoms with Crippen molar-refractivity contribution in [2.45, 2.75) is 44.9 Å². The summed E-state index contributed by atoms with van der Waals surface area (Å²) in [5.41, 5.74) is 0. The SMILES string of the molecule is ICCCCOCC1CC/C=C\CCC1. The summed E-state index contributed by atoms with van der Waals surface area (Å²) in [5.74, 6) is 0.814. The highest BCUT2D eigenvalue weighted by Crippen LogP contribution is 2.19. The first-order chi connectivity index (χ1) is 7.43. The number of ether oxygens (including phenoxy) is 1. The minimum absolute atomic E-state index is 0.814. The fourth-order valence-corrected chi connectivity index (χ4v) is 2.49. The van der Waals surface area contributed by atoms with Crippen molar-refractivity contribution in [3.8, 4) is 0 Å². The molecule has 0 bridgehead atoms. The molecule has 0 aromatic rings. The van der Waals surface area contributed by atoms with E-state index in [2.05, 4.69) is 34.7 Å². The summed E-state index contributed by atoms with van der Waals surface area (Å²) < 4.78 is 7.00. The zero-order chi connectivity index (χ0) is 10.8. The second kappa shape index (κ2) is 9.64. The van der Waals surface area contributed by atoms with Gasteiger partial charge in [-0.15, -0.1) is 0 Å². The van der Waals surface area contributed by atoms with E-state index in [1.54, 1.807) is 0 Å². The maximum absolute atomic E-state index is 5.74. The van der Waals surface area contributed by atoms with Crippen LogP contribution in [0.2, 0.25) is 0 Å². The topological polar surface area (TPSA) is 9.23 Å². The summed E-state index contributed by atoms with van der Waals surface area (Å²) >= 11 is 2.43. The first-order valence-electron chi connectivity index (χ1n) is 6.22. The number of alkyl halides is 1. The second-order valence-corrected chi connectivity index (χ2v) is 5.40. The Kier molecular flexibility index (Phi) is 8.67. The van der Waals surface area contributed by atoms with Crippen molar-refractivity contribution in [1.29, 1.82) is 0 Å². The van der Waals surface area contributed by atoms with Gasteiger partial charge in [-0.2, -0.15) is 0 Å². The molecule has 1 unspecified atom stereocenters. The summed E-state index contributed by atoms with van der Waals surface area (Å²) in [5, 5.41) is 0. The number of hydrogen-bond acceptors (Lipinski definition) is 1. The Balaban J connectivity index is 2.01. The predicted octanol–water partition coefficient (Wildman–Crippen LogP) is 4.35. The lowest BCUT2D eigenvalue weighted by Gasteiger charge is -2.17. The normalized spacial score (nSPS) is 24.5. The van der Waals surface area contributed by atoms with Crippen LogP contribution in [0.15, 0.2) is 12.2 Å². The van der Waals surface area contributed by atoms with Crippen molar-refractivity contribution in [3.05, 3.63) is 12.2 Å². The maximum Gasteiger partial charge on any atom is 0.0494 e. The van der Waals surface area contributed by atoms with Crippen LogP contribution >= 0.6 is 22.6 Å². The van der Waals surface area contributed by atoms with Crippen LogP contribution in [-0.4, -0.2) is 17.6 Å². The van der Waals surface area contributed by atoms with Gasteiger partial charge in [-0.05, 0) is 55.3 Å². The van der Waals surface area contributed by atoms with Gasteiger partial charge in [-0.3, -0.25) is 0 Å². The van der Waals surface area contributed by atoms with Gasteiger partial charge in [0.05, 0.1) is 0 Å². The van der Waals surface area contributed by atoms with Crippen molar-refractivity contribution in [2.75, 3.05) is 17.6 Å². The molecule has 88 valence electrons. The number of hydrogen-bond donors (Lipinski definition) is 0. The molecular weight excluding hydrogens is 299 g/mol. The molecule has 0 saturated heterocycles. The molecule has 1 nitrogen and oxygen atoms in total. The minimum atomic E-state index is 0.814. The molecule has 0 aliphatic heterocycles. The molecule has 15 heavy (non-hydrogen) atoms. The van der Waals surface area contributed by atoms with Crippen molar-refractivity contribution in [2.24, 2.45) is 5.92 Å². The molecule has 0 spiro atoms. The van der Waals surface area contributed by atoms with E-state index in [1.165, 1.54) is 49.4 Å². The first kappa shape index (κ1) is 13.5. The summed E-state index contributed by atoms with van der Waals surface area (Å²) in [7, 11) is 0. The summed E-state index contributed by atoms with van der Waals surface area (Å²) in [6, 6.07) is 0. The van der Waals surface area contributed by atoms with Crippen molar-refractivity contribution in [3.63, 3.8) is 0 Å². The molecule has 1 aliphatic rings. The van der Waals surface area contributed by atoms with E-state index in [-0.39, 0.29) is 0 Å². The molecule has 0 radical (unpaired) electrons. The lowest BCUT2D eigenvalue weighted by Crippen LogP contribution is -2.11. The lowest BCUT2D eigenvalue weighted by atomic mass is 9.95. The van der Waals surface area contributed by atoms with Gasteiger partial charge in [0.25, 0.3) is 0 Å². The zero-order valence-corrected chi connectivity index (χ0v) is 11.7. The molecule has 0 heterocycles. The molecular formula is C13H23IO. The molecule has 0 fully saturated rings. The zero-order valence-electron chi connectivity index (χ0n) is 9.59. The van der Waals surface area contributed by atoms with Gasteiger partial charge in [-0.1, -0.05) is 34.7 Å². The van der Waals surface area contributed by atoms with Crippen LogP contribution in [0, 0.1) is 5.92 Å². The molecule has 1 aliphatic carbocycles. The van der Waals surface area contributed by atoms with Gasteiger partial charge >= 0.3 is 0 Å². The third-order valence-corrected chi connectivity index (χ3v) is 3.68. The monoisotopic (exact) mass is 322 g/mol. The van der Waals surface area contributed by atoms with Crippen LogP contribution in [0.25, 0.3) is 0 Å². The van der Waals surface area contributed by atoms with Gasteiger partial charge < -0.3 is 4.74 Å². The van der Waals surface area contributed by atoms with Crippen LogP contribution in [0.3, 0.4) is 0 Å². The first-order valence-corrected chi connectivity index (χ1v) is 7.74. The fraction of sp³-hybridized carbons (Fsp3) is 0.846. The Labute approximate surface area is 108 Å². The molecule has 0 amide bonds. The third kappa shape index (κ3) is 7.34. The fourth-order valence-electron chi connectivity index (χ4n) is 1.95. The van der Waals surface area contributed by atoms with Gasteiger partial charge in [0.2, 0.25) is 0 Å². The van der Waals surface area contributed by atoms with E-state index in [0.717, 1.165) is 19.1 Å². The third-order valence-electron chi connectivity index (χ3n) is 2.92. The standard InChI is InChI=1S/C13H23IO/c14-10-6-7-11-15-12-13-8-4-2-1-3-5-9-13/h1-2,13H,3-12H2/b2-1-. The van der Waals surface area contributed by atoms with Crippen LogP contribution in [0.5, 0.6) is 0 Å². The highest BCUT2D eigenvalue weighted by Gasteiger charge is 2.09. The minimum Gasteiger partial charge on any atom is -0.381 e. The van der Waals surface area contributed by atoms with Crippen LogP contribution < -0.4 is 0 Å². The maximum atomic E-state index is 5.74. The Morgan fingerprint density at radius 3 is 2.87 bits per heavy atom. The largest absolute Gasteiger partial charge is 0.381 e. The molecule has 0 N–H and O–H groups in total. The second-order valence-electron chi connectivity index (χ2n) is 4.32. The molecule has 2 heteroatoms. The summed E-state index contributed by atoms with van der Waals surface area (Å²) in [6.45, 7) is 1.96. The molecule has 0 aromatic heterocycles. The van der Waals surface area contributed by atoms with Crippen molar-refractivity contribution >= 4 is 22.6 Å². The number of halogens is 1. The highest BCUT2D eigenvalue weighted by atomic mass is 127. The molecule has 0 aromatic carbocycles. The van der Waals surface area contributed by atoms with Crippen molar-refractivity contribution < 1.29 is 4.74 Å². The van der Waals surface area contributed by atoms with Gasteiger partial charge in [0.15, 0.2) is 0 Å². The van der Waals surface area contributed by atoms with Crippen LogP contribution in [-0.2, 0) is 4.74 Å². The van der Waals surface area contributed by atoms with E-state index in [0.29, 0.717) is 0 Å². The van der Waals surface area contributed by atoms with Crippen LogP contribution in [0.1, 0.15) is 44.9 Å². The smallest absolute Gasteiger partial charge is 0.0494 e.